The molecule has 0 rings (SSSR count). The Hall–Kier alpha value is -0.660. The zero-order valence-corrected chi connectivity index (χ0v) is 6.54. The number of aliphatic carboxylic acids is 1. The van der Waals surface area contributed by atoms with Crippen molar-refractivity contribution in [1.82, 2.24) is 6.15 Å². The predicted molar refractivity (Wildman–Crippen MR) is 38.0 cm³/mol. The van der Waals surface area contributed by atoms with Gasteiger partial charge >= 0.3 is 5.97 Å². The Balaban J connectivity index is 0. The van der Waals surface area contributed by atoms with Crippen molar-refractivity contribution < 1.29 is 22.9 Å². The number of carbonyl (C=O) groups is 1. The highest BCUT2D eigenvalue weighted by molar-refractivity contribution is 7.85. The fourth-order valence-electron chi connectivity index (χ4n) is 0.331. The molecule has 0 saturated heterocycles. The first-order chi connectivity index (χ1) is 4.42. The average Bonchev–Trinajstić information content (AvgIpc) is 1.59. The Kier molecular flexibility index (Phi) is 5.96. The van der Waals surface area contributed by atoms with Gasteiger partial charge < -0.3 is 11.3 Å². The summed E-state index contributed by atoms with van der Waals surface area (Å²) in [6.07, 6.45) is 0.599. The monoisotopic (exact) mass is 184 g/mol. The summed E-state index contributed by atoms with van der Waals surface area (Å²) in [5, 5.41) is 7.98. The normalized spacial score (nSPS) is 10.3. The Morgan fingerprint density at radius 3 is 2.18 bits per heavy atom. The highest BCUT2D eigenvalue weighted by Gasteiger charge is 2.05. The minimum absolute atomic E-state index is 0. The molecular formula is C4H10NO5S. The molecule has 0 aromatic heterocycles. The van der Waals surface area contributed by atoms with Crippen molar-refractivity contribution in [2.45, 2.75) is 6.42 Å². The zero-order chi connectivity index (χ0) is 8.20. The second kappa shape index (κ2) is 5.05. The molecule has 6 nitrogen and oxygen atoms in total. The van der Waals surface area contributed by atoms with Crippen LogP contribution in [0.5, 0.6) is 0 Å². The van der Waals surface area contributed by atoms with E-state index in [-0.39, 0.29) is 12.6 Å². The molecule has 0 atom stereocenters. The SMILES string of the molecule is N.O=C(O)[CH]CCS(=O)(=O)O. The number of carboxylic acids is 1. The summed E-state index contributed by atoms with van der Waals surface area (Å²) in [5.74, 6) is -1.73. The fraction of sp³-hybridized carbons (Fsp3) is 0.500. The Morgan fingerprint density at radius 1 is 1.45 bits per heavy atom. The molecule has 0 heterocycles. The second-order valence-electron chi connectivity index (χ2n) is 1.62. The maximum atomic E-state index is 9.96. The Labute approximate surface area is 64.6 Å². The van der Waals surface area contributed by atoms with Gasteiger partial charge in [0.25, 0.3) is 10.1 Å². The summed E-state index contributed by atoms with van der Waals surface area (Å²) in [5.41, 5.74) is 0. The molecule has 7 heteroatoms. The van der Waals surface area contributed by atoms with Crippen molar-refractivity contribution in [3.63, 3.8) is 0 Å². The van der Waals surface area contributed by atoms with Gasteiger partial charge in [-0.3, -0.25) is 9.35 Å². The van der Waals surface area contributed by atoms with Crippen LogP contribution in [0.2, 0.25) is 0 Å². The van der Waals surface area contributed by atoms with Crippen LogP contribution in [0, 0.1) is 6.42 Å². The maximum Gasteiger partial charge on any atom is 0.307 e. The molecule has 1 radical (unpaired) electrons. The first-order valence-corrected chi connectivity index (χ1v) is 4.04. The van der Waals surface area contributed by atoms with E-state index < -0.39 is 21.8 Å². The van der Waals surface area contributed by atoms with E-state index >= 15 is 0 Å². The minimum Gasteiger partial charge on any atom is -0.481 e. The molecule has 5 N–H and O–H groups in total. The Morgan fingerprint density at radius 2 is 1.91 bits per heavy atom. The van der Waals surface area contributed by atoms with Crippen molar-refractivity contribution in [3.8, 4) is 0 Å². The van der Waals surface area contributed by atoms with Crippen LogP contribution in [0.1, 0.15) is 6.42 Å². The van der Waals surface area contributed by atoms with Crippen LogP contribution in [-0.2, 0) is 14.9 Å². The molecule has 0 aromatic carbocycles. The largest absolute Gasteiger partial charge is 0.481 e. The van der Waals surface area contributed by atoms with Gasteiger partial charge in [-0.1, -0.05) is 0 Å². The number of hydrogen-bond donors (Lipinski definition) is 3. The van der Waals surface area contributed by atoms with E-state index in [4.69, 9.17) is 9.66 Å². The van der Waals surface area contributed by atoms with Crippen molar-refractivity contribution in [1.29, 1.82) is 0 Å². The van der Waals surface area contributed by atoms with E-state index in [1.807, 2.05) is 0 Å². The van der Waals surface area contributed by atoms with E-state index in [9.17, 15) is 13.2 Å². The summed E-state index contributed by atoms with van der Waals surface area (Å²) >= 11 is 0. The van der Waals surface area contributed by atoms with Gasteiger partial charge in [0.2, 0.25) is 0 Å². The minimum atomic E-state index is -4.01. The predicted octanol–water partition coefficient (Wildman–Crippen LogP) is -0.285. The molecule has 0 saturated carbocycles. The van der Waals surface area contributed by atoms with Gasteiger partial charge in [-0.05, 0) is 6.42 Å². The fourth-order valence-corrected chi connectivity index (χ4v) is 0.747. The van der Waals surface area contributed by atoms with Crippen molar-refractivity contribution in [2.75, 3.05) is 5.75 Å². The van der Waals surface area contributed by atoms with E-state index in [0.717, 1.165) is 6.42 Å². The average molecular weight is 184 g/mol. The summed E-state index contributed by atoms with van der Waals surface area (Å²) in [6.45, 7) is 0. The standard InChI is InChI=1S/C4H7O5S.H3N/c5-4(6)2-1-3-10(7,8)9;/h2H,1,3H2,(H,5,6)(H,7,8,9);1H3. The molecule has 67 valence electrons. The third-order valence-corrected chi connectivity index (χ3v) is 1.45. The molecular weight excluding hydrogens is 174 g/mol. The van der Waals surface area contributed by atoms with E-state index in [2.05, 4.69) is 0 Å². The maximum absolute atomic E-state index is 9.96. The molecule has 0 aliphatic carbocycles. The molecule has 0 aliphatic heterocycles. The van der Waals surface area contributed by atoms with Crippen LogP contribution in [-0.4, -0.2) is 29.8 Å². The van der Waals surface area contributed by atoms with Gasteiger partial charge in [-0.25, -0.2) is 0 Å². The zero-order valence-electron chi connectivity index (χ0n) is 5.73. The quantitative estimate of drug-likeness (QED) is 0.515. The third-order valence-electron chi connectivity index (χ3n) is 0.695. The van der Waals surface area contributed by atoms with Gasteiger partial charge in [0.1, 0.15) is 0 Å². The third kappa shape index (κ3) is 12.5. The second-order valence-corrected chi connectivity index (χ2v) is 3.19. The van der Waals surface area contributed by atoms with Gasteiger partial charge in [0.15, 0.2) is 0 Å². The van der Waals surface area contributed by atoms with Gasteiger partial charge in [0.05, 0.1) is 12.2 Å². The molecule has 0 amide bonds. The topological polar surface area (TPSA) is 127 Å². The number of hydrogen-bond acceptors (Lipinski definition) is 4. The molecule has 0 fully saturated rings. The molecule has 0 aliphatic rings. The lowest BCUT2D eigenvalue weighted by Crippen LogP contribution is -2.06. The van der Waals surface area contributed by atoms with Crippen LogP contribution in [0.4, 0.5) is 0 Å². The van der Waals surface area contributed by atoms with Gasteiger partial charge in [-0.15, -0.1) is 0 Å². The van der Waals surface area contributed by atoms with Crippen molar-refractivity contribution in [2.24, 2.45) is 0 Å². The lowest BCUT2D eigenvalue weighted by molar-refractivity contribution is -0.133. The summed E-state index contributed by atoms with van der Waals surface area (Å²) in [4.78, 5) is 9.75. The van der Waals surface area contributed by atoms with Gasteiger partial charge in [-0.2, -0.15) is 8.42 Å². The first kappa shape index (κ1) is 13.0. The van der Waals surface area contributed by atoms with E-state index in [1.54, 1.807) is 0 Å². The summed E-state index contributed by atoms with van der Waals surface area (Å²) in [6, 6.07) is 0. The Bertz CT molecular complexity index is 209. The van der Waals surface area contributed by atoms with Crippen molar-refractivity contribution >= 4 is 16.1 Å². The highest BCUT2D eigenvalue weighted by atomic mass is 32.2. The number of rotatable bonds is 4. The molecule has 11 heavy (non-hydrogen) atoms. The van der Waals surface area contributed by atoms with Crippen molar-refractivity contribution in [3.05, 3.63) is 6.42 Å². The highest BCUT2D eigenvalue weighted by Crippen LogP contribution is 1.91. The van der Waals surface area contributed by atoms with Crippen LogP contribution in [0.25, 0.3) is 0 Å². The lowest BCUT2D eigenvalue weighted by Gasteiger charge is -1.91. The van der Waals surface area contributed by atoms with Crippen LogP contribution in [0.3, 0.4) is 0 Å². The number of carboxylic acid groups (broad SMARTS) is 1. The van der Waals surface area contributed by atoms with E-state index in [0.29, 0.717) is 0 Å². The van der Waals surface area contributed by atoms with Crippen LogP contribution in [0.15, 0.2) is 0 Å². The smallest absolute Gasteiger partial charge is 0.307 e. The molecule has 0 bridgehead atoms. The molecule has 0 spiro atoms. The molecule has 0 unspecified atom stereocenters. The first-order valence-electron chi connectivity index (χ1n) is 2.43. The lowest BCUT2D eigenvalue weighted by atomic mass is 10.3. The van der Waals surface area contributed by atoms with Crippen LogP contribution < -0.4 is 6.15 Å². The van der Waals surface area contributed by atoms with Gasteiger partial charge in [0, 0.05) is 0 Å². The molecule has 0 aromatic rings. The van der Waals surface area contributed by atoms with E-state index in [1.165, 1.54) is 0 Å². The summed E-state index contributed by atoms with van der Waals surface area (Å²) in [7, 11) is -4.01. The summed E-state index contributed by atoms with van der Waals surface area (Å²) < 4.78 is 28.0. The van der Waals surface area contributed by atoms with Crippen LogP contribution >= 0.6 is 0 Å².